The lowest BCUT2D eigenvalue weighted by atomic mass is 10.00. The van der Waals surface area contributed by atoms with Gasteiger partial charge in [0.2, 0.25) is 0 Å². The normalized spacial score (nSPS) is 13.8. The molecule has 0 aliphatic heterocycles. The smallest absolute Gasteiger partial charge is 0.163 e. The molecule has 0 N–H and O–H groups in total. The van der Waals surface area contributed by atoms with Gasteiger partial charge in [0, 0.05) is 17.5 Å². The standard InChI is InChI=1S/C15H10ClFO/c16-12-2-1-3-13(17)15(12)10-4-6-11-9(8-10)5-7-14(11)18/h1-4,6,8H,5,7H2. The minimum absolute atomic E-state index is 0.163. The van der Waals surface area contributed by atoms with Gasteiger partial charge < -0.3 is 0 Å². The second kappa shape index (κ2) is 4.21. The molecule has 0 unspecified atom stereocenters. The molecule has 0 aromatic heterocycles. The molecular weight excluding hydrogens is 251 g/mol. The fourth-order valence-corrected chi connectivity index (χ4v) is 2.66. The average molecular weight is 261 g/mol. The van der Waals surface area contributed by atoms with Crippen molar-refractivity contribution in [3.05, 3.63) is 58.4 Å². The van der Waals surface area contributed by atoms with Gasteiger partial charge in [0.1, 0.15) is 5.82 Å². The largest absolute Gasteiger partial charge is 0.294 e. The van der Waals surface area contributed by atoms with Gasteiger partial charge in [-0.15, -0.1) is 0 Å². The van der Waals surface area contributed by atoms with Crippen LogP contribution < -0.4 is 0 Å². The summed E-state index contributed by atoms with van der Waals surface area (Å²) in [7, 11) is 0. The molecule has 2 aromatic carbocycles. The zero-order valence-electron chi connectivity index (χ0n) is 9.54. The van der Waals surface area contributed by atoms with E-state index in [9.17, 15) is 9.18 Å². The molecule has 1 nitrogen and oxygen atoms in total. The van der Waals surface area contributed by atoms with Crippen molar-refractivity contribution in [2.24, 2.45) is 0 Å². The van der Waals surface area contributed by atoms with Crippen molar-refractivity contribution in [3.63, 3.8) is 0 Å². The summed E-state index contributed by atoms with van der Waals surface area (Å²) in [5.74, 6) is -0.178. The summed E-state index contributed by atoms with van der Waals surface area (Å²) in [6.45, 7) is 0. The SMILES string of the molecule is O=C1CCc2cc(-c3c(F)cccc3Cl)ccc21. The lowest BCUT2D eigenvalue weighted by Gasteiger charge is -2.07. The molecule has 0 fully saturated rings. The van der Waals surface area contributed by atoms with Gasteiger partial charge in [-0.1, -0.05) is 35.9 Å². The first kappa shape index (κ1) is 11.4. The topological polar surface area (TPSA) is 17.1 Å². The number of hydrogen-bond acceptors (Lipinski definition) is 1. The first-order chi connectivity index (χ1) is 8.66. The molecule has 0 spiro atoms. The van der Waals surface area contributed by atoms with Gasteiger partial charge >= 0.3 is 0 Å². The lowest BCUT2D eigenvalue weighted by Crippen LogP contribution is -1.92. The minimum atomic E-state index is -0.341. The van der Waals surface area contributed by atoms with Crippen LogP contribution in [0.4, 0.5) is 4.39 Å². The molecule has 0 saturated carbocycles. The van der Waals surface area contributed by atoms with Crippen LogP contribution in [0, 0.1) is 5.82 Å². The number of rotatable bonds is 1. The van der Waals surface area contributed by atoms with E-state index in [4.69, 9.17) is 11.6 Å². The van der Waals surface area contributed by atoms with Crippen LogP contribution in [0.3, 0.4) is 0 Å². The Morgan fingerprint density at radius 2 is 1.94 bits per heavy atom. The zero-order chi connectivity index (χ0) is 12.7. The van der Waals surface area contributed by atoms with Gasteiger partial charge in [-0.3, -0.25) is 4.79 Å². The summed E-state index contributed by atoms with van der Waals surface area (Å²) < 4.78 is 13.8. The van der Waals surface area contributed by atoms with E-state index in [0.717, 1.165) is 23.1 Å². The number of Topliss-reactive ketones (excluding diaryl/α,β-unsaturated/α-hetero) is 1. The van der Waals surface area contributed by atoms with E-state index in [1.54, 1.807) is 24.3 Å². The highest BCUT2D eigenvalue weighted by Gasteiger charge is 2.20. The second-order valence-electron chi connectivity index (χ2n) is 4.39. The summed E-state index contributed by atoms with van der Waals surface area (Å²) in [5.41, 5.74) is 2.87. The minimum Gasteiger partial charge on any atom is -0.294 e. The molecule has 90 valence electrons. The molecule has 0 heterocycles. The Balaban J connectivity index is 2.17. The summed E-state index contributed by atoms with van der Waals surface area (Å²) in [4.78, 5) is 11.5. The predicted molar refractivity (Wildman–Crippen MR) is 69.5 cm³/mol. The van der Waals surface area contributed by atoms with E-state index < -0.39 is 0 Å². The summed E-state index contributed by atoms with van der Waals surface area (Å²) >= 11 is 6.04. The Hall–Kier alpha value is -1.67. The summed E-state index contributed by atoms with van der Waals surface area (Å²) in [5, 5.41) is 0.388. The summed E-state index contributed by atoms with van der Waals surface area (Å²) in [6.07, 6.45) is 1.28. The van der Waals surface area contributed by atoms with Crippen LogP contribution in [0.2, 0.25) is 5.02 Å². The van der Waals surface area contributed by atoms with E-state index in [2.05, 4.69) is 0 Å². The molecule has 18 heavy (non-hydrogen) atoms. The van der Waals surface area contributed by atoms with E-state index in [-0.39, 0.29) is 11.6 Å². The zero-order valence-corrected chi connectivity index (χ0v) is 10.3. The molecule has 1 aliphatic carbocycles. The predicted octanol–water partition coefficient (Wildman–Crippen LogP) is 4.28. The van der Waals surface area contributed by atoms with Crippen LogP contribution in [-0.4, -0.2) is 5.78 Å². The maximum absolute atomic E-state index is 13.8. The molecule has 0 saturated heterocycles. The molecule has 0 atom stereocenters. The van der Waals surface area contributed by atoms with Crippen LogP contribution in [0.1, 0.15) is 22.3 Å². The van der Waals surface area contributed by atoms with Crippen LogP contribution >= 0.6 is 11.6 Å². The number of fused-ring (bicyclic) bond motifs is 1. The Labute approximate surface area is 109 Å². The molecule has 3 rings (SSSR count). The first-order valence-corrected chi connectivity index (χ1v) is 6.15. The Morgan fingerprint density at radius 1 is 1.11 bits per heavy atom. The third-order valence-electron chi connectivity index (χ3n) is 3.28. The number of ketones is 1. The molecule has 2 aromatic rings. The van der Waals surface area contributed by atoms with Crippen molar-refractivity contribution in [3.8, 4) is 11.1 Å². The van der Waals surface area contributed by atoms with Gasteiger partial charge in [-0.2, -0.15) is 0 Å². The van der Waals surface area contributed by atoms with E-state index in [0.29, 0.717) is 17.0 Å². The van der Waals surface area contributed by atoms with Gasteiger partial charge in [-0.05, 0) is 29.7 Å². The number of hydrogen-bond donors (Lipinski definition) is 0. The van der Waals surface area contributed by atoms with E-state index in [1.165, 1.54) is 6.07 Å². The molecule has 1 aliphatic rings. The van der Waals surface area contributed by atoms with Crippen LogP contribution in [0.15, 0.2) is 36.4 Å². The van der Waals surface area contributed by atoms with Gasteiger partial charge in [0.05, 0.1) is 5.02 Å². The Bertz CT molecular complexity index is 629. The van der Waals surface area contributed by atoms with Crippen molar-refractivity contribution in [1.82, 2.24) is 0 Å². The molecule has 0 amide bonds. The third kappa shape index (κ3) is 1.73. The highest BCUT2D eigenvalue weighted by atomic mass is 35.5. The quantitative estimate of drug-likeness (QED) is 0.748. The molecule has 3 heteroatoms. The number of halogens is 2. The fourth-order valence-electron chi connectivity index (χ4n) is 2.38. The van der Waals surface area contributed by atoms with Gasteiger partial charge in [0.25, 0.3) is 0 Å². The van der Waals surface area contributed by atoms with Crippen molar-refractivity contribution in [1.29, 1.82) is 0 Å². The highest BCUT2D eigenvalue weighted by Crippen LogP contribution is 2.33. The van der Waals surface area contributed by atoms with Crippen molar-refractivity contribution in [2.75, 3.05) is 0 Å². The van der Waals surface area contributed by atoms with Crippen LogP contribution in [0.25, 0.3) is 11.1 Å². The van der Waals surface area contributed by atoms with Crippen molar-refractivity contribution >= 4 is 17.4 Å². The van der Waals surface area contributed by atoms with E-state index in [1.807, 2.05) is 6.07 Å². The van der Waals surface area contributed by atoms with Crippen molar-refractivity contribution in [2.45, 2.75) is 12.8 Å². The second-order valence-corrected chi connectivity index (χ2v) is 4.80. The average Bonchev–Trinajstić information content (AvgIpc) is 2.71. The fraction of sp³-hybridized carbons (Fsp3) is 0.133. The number of carbonyl (C=O) groups is 1. The first-order valence-electron chi connectivity index (χ1n) is 5.77. The monoisotopic (exact) mass is 260 g/mol. The van der Waals surface area contributed by atoms with Gasteiger partial charge in [0.15, 0.2) is 5.78 Å². The summed E-state index contributed by atoms with van der Waals surface area (Å²) in [6, 6.07) is 10.0. The van der Waals surface area contributed by atoms with Crippen molar-refractivity contribution < 1.29 is 9.18 Å². The Kier molecular flexibility index (Phi) is 2.67. The number of aryl methyl sites for hydroxylation is 1. The van der Waals surface area contributed by atoms with Crippen LogP contribution in [-0.2, 0) is 6.42 Å². The lowest BCUT2D eigenvalue weighted by molar-refractivity contribution is 0.0994. The number of benzene rings is 2. The highest BCUT2D eigenvalue weighted by molar-refractivity contribution is 6.33. The molecule has 0 bridgehead atoms. The van der Waals surface area contributed by atoms with Gasteiger partial charge in [-0.25, -0.2) is 4.39 Å². The van der Waals surface area contributed by atoms with E-state index >= 15 is 0 Å². The maximum Gasteiger partial charge on any atom is 0.163 e. The molecule has 0 radical (unpaired) electrons. The third-order valence-corrected chi connectivity index (χ3v) is 3.59. The number of carbonyl (C=O) groups excluding carboxylic acids is 1. The van der Waals surface area contributed by atoms with Crippen LogP contribution in [0.5, 0.6) is 0 Å². The Morgan fingerprint density at radius 3 is 2.72 bits per heavy atom. The molecular formula is C15H10ClFO. The maximum atomic E-state index is 13.8.